The lowest BCUT2D eigenvalue weighted by Gasteiger charge is -2.15. The predicted molar refractivity (Wildman–Crippen MR) is 149 cm³/mol. The Morgan fingerprint density at radius 2 is 1.86 bits per heavy atom. The Morgan fingerprint density at radius 3 is 2.63 bits per heavy atom. The average Bonchev–Trinajstić information content (AvgIpc) is 3.10. The summed E-state index contributed by atoms with van der Waals surface area (Å²) in [7, 11) is 0. The van der Waals surface area contributed by atoms with Gasteiger partial charge in [-0.15, -0.1) is 0 Å². The highest BCUT2D eigenvalue weighted by Crippen LogP contribution is 2.37. The van der Waals surface area contributed by atoms with Crippen molar-refractivity contribution in [2.45, 2.75) is 13.8 Å². The van der Waals surface area contributed by atoms with E-state index in [9.17, 15) is 9.59 Å². The molecule has 0 radical (unpaired) electrons. The fourth-order valence-corrected chi connectivity index (χ4v) is 4.98. The maximum Gasteiger partial charge on any atom is 0.270 e. The van der Waals surface area contributed by atoms with Gasteiger partial charge in [0.2, 0.25) is 0 Å². The summed E-state index contributed by atoms with van der Waals surface area (Å²) in [6, 6.07) is 17.9. The molecule has 2 amide bonds. The van der Waals surface area contributed by atoms with E-state index in [4.69, 9.17) is 40.2 Å². The lowest BCUT2D eigenvalue weighted by atomic mass is 10.1. The van der Waals surface area contributed by atoms with Crippen LogP contribution >= 0.6 is 47.2 Å². The van der Waals surface area contributed by atoms with Crippen LogP contribution in [0.15, 0.2) is 65.6 Å². The second-order valence-electron chi connectivity index (χ2n) is 7.80. The molecule has 1 aliphatic rings. The predicted octanol–water partition coefficient (Wildman–Crippen LogP) is 7.03. The lowest BCUT2D eigenvalue weighted by Crippen LogP contribution is -2.27. The number of hydrogen-bond acceptors (Lipinski definition) is 5. The molecule has 0 spiro atoms. The first-order chi connectivity index (χ1) is 16.7. The molecule has 0 saturated carbocycles. The molecule has 1 heterocycles. The number of carbonyl (C=O) groups excluding carboxylic acids is 2. The molecular weight excluding hydrogens is 523 g/mol. The topological polar surface area (TPSA) is 58.6 Å². The number of halogens is 2. The van der Waals surface area contributed by atoms with Crippen molar-refractivity contribution in [3.05, 3.63) is 92.3 Å². The molecular formula is C26H20Cl2N2O3S2. The minimum absolute atomic E-state index is 0.174. The van der Waals surface area contributed by atoms with Gasteiger partial charge in [0.15, 0.2) is 10.9 Å². The number of thiocarbonyl (C=S) groups is 1. The monoisotopic (exact) mass is 542 g/mol. The molecule has 1 N–H and O–H groups in total. The Morgan fingerprint density at radius 1 is 1.09 bits per heavy atom. The van der Waals surface area contributed by atoms with Gasteiger partial charge in [-0.2, -0.15) is 0 Å². The zero-order valence-corrected chi connectivity index (χ0v) is 21.9. The number of nitrogens with one attached hydrogen (secondary N) is 1. The van der Waals surface area contributed by atoms with Gasteiger partial charge in [-0.3, -0.25) is 14.5 Å². The third-order valence-electron chi connectivity index (χ3n) is 5.29. The summed E-state index contributed by atoms with van der Waals surface area (Å²) in [5.74, 6) is -0.0723. The Kier molecular flexibility index (Phi) is 7.82. The van der Waals surface area contributed by atoms with E-state index in [0.29, 0.717) is 25.7 Å². The van der Waals surface area contributed by atoms with Gasteiger partial charge in [-0.25, -0.2) is 0 Å². The zero-order chi connectivity index (χ0) is 25.1. The van der Waals surface area contributed by atoms with Gasteiger partial charge in [0.1, 0.15) is 5.75 Å². The van der Waals surface area contributed by atoms with E-state index in [1.54, 1.807) is 47.4 Å². The highest BCUT2D eigenvalue weighted by Gasteiger charge is 2.33. The first-order valence-corrected chi connectivity index (χ1v) is 12.5. The van der Waals surface area contributed by atoms with Crippen LogP contribution in [-0.4, -0.2) is 22.7 Å². The third-order valence-corrected chi connectivity index (χ3v) is 7.41. The number of carbonyl (C=O) groups is 2. The third kappa shape index (κ3) is 5.87. The van der Waals surface area contributed by atoms with Gasteiger partial charge in [-0.05, 0) is 73.0 Å². The van der Waals surface area contributed by atoms with Crippen molar-refractivity contribution in [3.63, 3.8) is 0 Å². The fourth-order valence-electron chi connectivity index (χ4n) is 3.34. The van der Waals surface area contributed by atoms with E-state index in [1.165, 1.54) is 11.8 Å². The molecule has 1 aliphatic heterocycles. The molecule has 5 nitrogen and oxygen atoms in total. The first kappa shape index (κ1) is 25.3. The number of hydrogen-bond donors (Lipinski definition) is 1. The Bertz CT molecular complexity index is 1370. The number of benzene rings is 3. The largest absolute Gasteiger partial charge is 0.484 e. The smallest absolute Gasteiger partial charge is 0.270 e. The van der Waals surface area contributed by atoms with Crippen LogP contribution in [0.3, 0.4) is 0 Å². The Hall–Kier alpha value is -2.84. The maximum atomic E-state index is 13.1. The highest BCUT2D eigenvalue weighted by molar-refractivity contribution is 8.27. The quantitative estimate of drug-likeness (QED) is 0.267. The average molecular weight is 543 g/mol. The number of nitrogens with zero attached hydrogens (tertiary/aromatic N) is 1. The minimum atomic E-state index is -0.381. The molecule has 3 aromatic rings. The van der Waals surface area contributed by atoms with Crippen molar-refractivity contribution >= 4 is 80.8 Å². The second-order valence-corrected chi connectivity index (χ2v) is 10.3. The van der Waals surface area contributed by atoms with E-state index in [-0.39, 0.29) is 23.4 Å². The summed E-state index contributed by atoms with van der Waals surface area (Å²) in [5, 5.41) is 3.29. The van der Waals surface area contributed by atoms with Crippen LogP contribution < -0.4 is 15.0 Å². The van der Waals surface area contributed by atoms with Gasteiger partial charge < -0.3 is 10.1 Å². The summed E-state index contributed by atoms with van der Waals surface area (Å²) in [6.45, 7) is 3.80. The van der Waals surface area contributed by atoms with Crippen molar-refractivity contribution in [1.82, 2.24) is 0 Å². The molecule has 0 atom stereocenters. The summed E-state index contributed by atoms with van der Waals surface area (Å²) < 4.78 is 6.11. The molecule has 4 rings (SSSR count). The van der Waals surface area contributed by atoms with Crippen LogP contribution in [0.2, 0.25) is 10.0 Å². The second kappa shape index (κ2) is 10.8. The summed E-state index contributed by atoms with van der Waals surface area (Å²) in [5.41, 5.74) is 4.15. The number of amides is 2. The van der Waals surface area contributed by atoms with E-state index in [0.717, 1.165) is 22.4 Å². The van der Waals surface area contributed by atoms with Crippen molar-refractivity contribution in [3.8, 4) is 5.75 Å². The summed E-state index contributed by atoms with van der Waals surface area (Å²) >= 11 is 18.8. The number of anilines is 2. The number of aryl methyl sites for hydroxylation is 2. The summed E-state index contributed by atoms with van der Waals surface area (Å²) in [4.78, 5) is 27.4. The van der Waals surface area contributed by atoms with Gasteiger partial charge in [0.05, 0.1) is 26.3 Å². The number of ether oxygens (including phenoxy) is 1. The molecule has 178 valence electrons. The van der Waals surface area contributed by atoms with E-state index >= 15 is 0 Å². The molecule has 0 bridgehead atoms. The van der Waals surface area contributed by atoms with Crippen LogP contribution in [0.1, 0.15) is 16.7 Å². The van der Waals surface area contributed by atoms with Crippen molar-refractivity contribution in [1.29, 1.82) is 0 Å². The van der Waals surface area contributed by atoms with E-state index in [2.05, 4.69) is 5.32 Å². The number of thioether (sulfide) groups is 1. The molecule has 0 aliphatic carbocycles. The molecule has 35 heavy (non-hydrogen) atoms. The van der Waals surface area contributed by atoms with Crippen LogP contribution in [0.25, 0.3) is 6.08 Å². The Labute approximate surface area is 223 Å². The van der Waals surface area contributed by atoms with Gasteiger partial charge >= 0.3 is 0 Å². The minimum Gasteiger partial charge on any atom is -0.484 e. The lowest BCUT2D eigenvalue weighted by molar-refractivity contribution is -0.118. The molecule has 9 heteroatoms. The molecule has 1 fully saturated rings. The van der Waals surface area contributed by atoms with Gasteiger partial charge in [0.25, 0.3) is 11.8 Å². The Balaban J connectivity index is 1.44. The van der Waals surface area contributed by atoms with Gasteiger partial charge in [0, 0.05) is 0 Å². The SMILES string of the molecule is Cc1ccc(N2C(=O)/C(=C/c3cccc(OCC(=O)Nc4cccc(Cl)c4Cl)c3)SC2=S)cc1C. The standard InChI is InChI=1S/C26H20Cl2N2O3S2/c1-15-9-10-18(11-16(15)2)30-25(32)22(35-26(30)34)13-17-5-3-6-19(12-17)33-14-23(31)29-21-8-4-7-20(27)24(21)28/h3-13H,14H2,1-2H3,(H,29,31)/b22-13-. The molecule has 3 aromatic carbocycles. The van der Waals surface area contributed by atoms with Crippen molar-refractivity contribution in [2.75, 3.05) is 16.8 Å². The van der Waals surface area contributed by atoms with Crippen LogP contribution in [0.5, 0.6) is 5.75 Å². The van der Waals surface area contributed by atoms with E-state index < -0.39 is 0 Å². The van der Waals surface area contributed by atoms with Crippen LogP contribution in [0, 0.1) is 13.8 Å². The normalized spacial score (nSPS) is 14.5. The fraction of sp³-hybridized carbons (Fsp3) is 0.115. The van der Waals surface area contributed by atoms with Crippen molar-refractivity contribution in [2.24, 2.45) is 0 Å². The molecule has 0 unspecified atom stereocenters. The molecule has 0 aromatic heterocycles. The first-order valence-electron chi connectivity index (χ1n) is 10.5. The number of rotatable bonds is 6. The highest BCUT2D eigenvalue weighted by atomic mass is 35.5. The summed E-state index contributed by atoms with van der Waals surface area (Å²) in [6.07, 6.45) is 1.76. The maximum absolute atomic E-state index is 13.1. The van der Waals surface area contributed by atoms with Gasteiger partial charge in [-0.1, -0.05) is 71.4 Å². The van der Waals surface area contributed by atoms with E-state index in [1.807, 2.05) is 38.1 Å². The molecule has 1 saturated heterocycles. The zero-order valence-electron chi connectivity index (χ0n) is 18.8. The van der Waals surface area contributed by atoms with Crippen LogP contribution in [-0.2, 0) is 9.59 Å². The van der Waals surface area contributed by atoms with Crippen molar-refractivity contribution < 1.29 is 14.3 Å². The van der Waals surface area contributed by atoms with Crippen LogP contribution in [0.4, 0.5) is 11.4 Å².